The number of aldehydes is 1. The number of hydrogen-bond donors (Lipinski definition) is 2. The number of carbonyl (C=O) groups excluding carboxylic acids is 1. The molecule has 106 valence electrons. The van der Waals surface area contributed by atoms with Crippen LogP contribution in [0.2, 0.25) is 0 Å². The first-order valence-corrected chi connectivity index (χ1v) is 7.39. The first kappa shape index (κ1) is 14.6. The van der Waals surface area contributed by atoms with Gasteiger partial charge in [0, 0.05) is 23.0 Å². The molecule has 0 radical (unpaired) electrons. The third-order valence-corrected chi connectivity index (χ3v) is 5.49. The lowest BCUT2D eigenvalue weighted by Crippen LogP contribution is -2.48. The van der Waals surface area contributed by atoms with Gasteiger partial charge >= 0.3 is 6.18 Å². The van der Waals surface area contributed by atoms with Crippen molar-refractivity contribution in [2.75, 3.05) is 7.05 Å². The molecule has 3 atom stereocenters. The lowest BCUT2D eigenvalue weighted by Gasteiger charge is -2.35. The minimum absolute atomic E-state index is 0.375. The number of likely N-dealkylation sites (N-methyl/N-ethyl adjacent to an activating group) is 1. The van der Waals surface area contributed by atoms with Crippen molar-refractivity contribution in [1.29, 1.82) is 4.78 Å². The van der Waals surface area contributed by atoms with Gasteiger partial charge in [0.25, 0.3) is 0 Å². The van der Waals surface area contributed by atoms with Crippen LogP contribution in [0.25, 0.3) is 0 Å². The first-order valence-electron chi connectivity index (χ1n) is 5.39. The van der Waals surface area contributed by atoms with Gasteiger partial charge < -0.3 is 4.79 Å². The van der Waals surface area contributed by atoms with Gasteiger partial charge in [-0.1, -0.05) is 0 Å². The lowest BCUT2D eigenvalue weighted by molar-refractivity contribution is -0.134. The second-order valence-electron chi connectivity index (χ2n) is 4.14. The summed E-state index contributed by atoms with van der Waals surface area (Å²) in [5, 5.41) is 0. The van der Waals surface area contributed by atoms with Crippen molar-refractivity contribution in [3.05, 3.63) is 21.9 Å². The molecule has 1 aliphatic heterocycles. The maximum Gasteiger partial charge on any atom is 0.425 e. The van der Waals surface area contributed by atoms with Crippen molar-refractivity contribution in [3.8, 4) is 0 Å². The molecule has 2 N–H and O–H groups in total. The molecular weight excluding hydrogens is 299 g/mol. The van der Waals surface area contributed by atoms with E-state index in [2.05, 4.69) is 4.72 Å². The molecule has 0 aliphatic carbocycles. The number of alkyl halides is 3. The van der Waals surface area contributed by atoms with Gasteiger partial charge in [0.15, 0.2) is 0 Å². The number of hydrogen-bond acceptors (Lipinski definition) is 3. The van der Waals surface area contributed by atoms with Gasteiger partial charge in [0.05, 0.1) is 12.1 Å². The summed E-state index contributed by atoms with van der Waals surface area (Å²) in [4.78, 5) is 10.8. The van der Waals surface area contributed by atoms with Gasteiger partial charge in [-0.05, 0) is 18.6 Å². The summed E-state index contributed by atoms with van der Waals surface area (Å²) >= 11 is -0.419. The van der Waals surface area contributed by atoms with E-state index in [4.69, 9.17) is 4.78 Å². The molecule has 1 aliphatic rings. The normalized spacial score (nSPS) is 29.4. The van der Waals surface area contributed by atoms with Crippen molar-refractivity contribution < 1.29 is 18.0 Å². The van der Waals surface area contributed by atoms with Crippen LogP contribution >= 0.6 is 11.3 Å². The van der Waals surface area contributed by atoms with Crippen LogP contribution < -0.4 is 4.72 Å². The highest BCUT2D eigenvalue weighted by atomic mass is 32.2. The predicted molar refractivity (Wildman–Crippen MR) is 67.5 cm³/mol. The monoisotopic (exact) mass is 311 g/mol. The molecule has 3 unspecified atom stereocenters. The van der Waals surface area contributed by atoms with E-state index in [1.54, 1.807) is 11.4 Å². The van der Waals surface area contributed by atoms with Gasteiger partial charge in [-0.15, -0.1) is 11.3 Å². The molecule has 1 fully saturated rings. The molecule has 0 aromatic carbocycles. The van der Waals surface area contributed by atoms with E-state index in [1.807, 2.05) is 0 Å². The summed E-state index contributed by atoms with van der Waals surface area (Å²) in [6, 6.07) is 1.63. The first-order chi connectivity index (χ1) is 8.82. The smallest absolute Gasteiger partial charge is 0.302 e. The minimum atomic E-state index is -4.35. The van der Waals surface area contributed by atoms with Gasteiger partial charge in [-0.2, -0.15) is 13.2 Å². The van der Waals surface area contributed by atoms with Crippen LogP contribution in [0.4, 0.5) is 13.2 Å². The Labute approximate surface area is 114 Å². The van der Waals surface area contributed by atoms with Crippen LogP contribution in [0.5, 0.6) is 0 Å². The fourth-order valence-electron chi connectivity index (χ4n) is 1.80. The minimum Gasteiger partial charge on any atom is -0.302 e. The zero-order chi connectivity index (χ0) is 14.2. The molecule has 19 heavy (non-hydrogen) atoms. The average Bonchev–Trinajstić information content (AvgIpc) is 2.81. The highest BCUT2D eigenvalue weighted by Crippen LogP contribution is 2.38. The maximum atomic E-state index is 12.5. The number of halogens is 3. The molecule has 2 heterocycles. The van der Waals surface area contributed by atoms with E-state index in [1.165, 1.54) is 6.07 Å². The number of nitrogens with zero attached hydrogens (tertiary/aromatic N) is 1. The molecule has 1 saturated heterocycles. The summed E-state index contributed by atoms with van der Waals surface area (Å²) in [6.07, 6.45) is -3.23. The van der Waals surface area contributed by atoms with Gasteiger partial charge in [-0.3, -0.25) is 4.78 Å². The SMILES string of the molecule is CN1C(C=O)CC(c2ccc(C(F)(F)F)s2)NS1=N. The van der Waals surface area contributed by atoms with Crippen molar-refractivity contribution in [2.24, 2.45) is 0 Å². The topological polar surface area (TPSA) is 56.2 Å². The summed E-state index contributed by atoms with van der Waals surface area (Å²) in [7, 11) is 1.65. The molecule has 4 nitrogen and oxygen atoms in total. The lowest BCUT2D eigenvalue weighted by atomic mass is 10.1. The predicted octanol–water partition coefficient (Wildman–Crippen LogP) is 2.51. The van der Waals surface area contributed by atoms with E-state index in [9.17, 15) is 18.0 Å². The van der Waals surface area contributed by atoms with Crippen molar-refractivity contribution in [3.63, 3.8) is 0 Å². The van der Waals surface area contributed by atoms with E-state index < -0.39 is 28.2 Å². The largest absolute Gasteiger partial charge is 0.425 e. The van der Waals surface area contributed by atoms with Crippen molar-refractivity contribution in [1.82, 2.24) is 9.03 Å². The van der Waals surface area contributed by atoms with Crippen LogP contribution in [-0.2, 0) is 22.0 Å². The Balaban J connectivity index is 2.20. The van der Waals surface area contributed by atoms with Gasteiger partial charge in [0.2, 0.25) is 0 Å². The number of thiophene rings is 1. The molecule has 2 rings (SSSR count). The Morgan fingerprint density at radius 1 is 1.58 bits per heavy atom. The zero-order valence-electron chi connectivity index (χ0n) is 9.90. The van der Waals surface area contributed by atoms with Crippen LogP contribution in [0, 0.1) is 4.78 Å². The summed E-state index contributed by atoms with van der Waals surface area (Å²) < 4.78 is 49.9. The summed E-state index contributed by atoms with van der Waals surface area (Å²) in [6.45, 7) is 0. The van der Waals surface area contributed by atoms with Gasteiger partial charge in [0.1, 0.15) is 11.2 Å². The van der Waals surface area contributed by atoms with Crippen LogP contribution in [0.15, 0.2) is 12.1 Å². The average molecular weight is 311 g/mol. The molecule has 1 aromatic heterocycles. The van der Waals surface area contributed by atoms with Crippen molar-refractivity contribution >= 4 is 28.7 Å². The third-order valence-electron chi connectivity index (χ3n) is 2.89. The Morgan fingerprint density at radius 2 is 2.26 bits per heavy atom. The van der Waals surface area contributed by atoms with E-state index in [0.29, 0.717) is 22.6 Å². The molecule has 9 heteroatoms. The highest BCUT2D eigenvalue weighted by molar-refractivity contribution is 7.81. The summed E-state index contributed by atoms with van der Waals surface area (Å²) in [5.74, 6) is 0. The standard InChI is InChI=1S/C10H12F3N3OS2/c1-16-6(5-17)4-7(15-19(16)14)8-2-3-9(18-8)10(11,12)13/h2-3,5-7H,4H2,1H3,(H2,14,15). The van der Waals surface area contributed by atoms with E-state index >= 15 is 0 Å². The Morgan fingerprint density at radius 3 is 2.79 bits per heavy atom. The molecule has 0 bridgehead atoms. The molecular formula is C10H12F3N3OS2. The van der Waals surface area contributed by atoms with E-state index in [-0.39, 0.29) is 6.04 Å². The Kier molecular flexibility index (Phi) is 4.09. The number of rotatable bonds is 2. The zero-order valence-corrected chi connectivity index (χ0v) is 11.5. The Hall–Kier alpha value is -0.770. The third kappa shape index (κ3) is 3.04. The number of nitrogens with one attached hydrogen (secondary N) is 2. The summed E-state index contributed by atoms with van der Waals surface area (Å²) in [5.41, 5.74) is 0. The Bertz CT molecular complexity index is 502. The molecule has 0 amide bonds. The van der Waals surface area contributed by atoms with Crippen LogP contribution in [-0.4, -0.2) is 23.7 Å². The van der Waals surface area contributed by atoms with Crippen LogP contribution in [0.3, 0.4) is 0 Å². The maximum absolute atomic E-state index is 12.5. The molecule has 0 spiro atoms. The van der Waals surface area contributed by atoms with Crippen LogP contribution in [0.1, 0.15) is 22.2 Å². The molecule has 0 saturated carbocycles. The second-order valence-corrected chi connectivity index (χ2v) is 6.64. The fraction of sp³-hybridized carbons (Fsp3) is 0.500. The quantitative estimate of drug-likeness (QED) is 0.825. The highest BCUT2D eigenvalue weighted by Gasteiger charge is 2.35. The van der Waals surface area contributed by atoms with Crippen molar-refractivity contribution in [2.45, 2.75) is 24.7 Å². The van der Waals surface area contributed by atoms with E-state index in [0.717, 1.165) is 12.4 Å². The van der Waals surface area contributed by atoms with Gasteiger partial charge in [-0.25, -0.2) is 9.03 Å². The fourth-order valence-corrected chi connectivity index (χ4v) is 3.88. The second kappa shape index (κ2) is 5.31. The molecule has 1 aromatic rings. The number of carbonyl (C=O) groups is 1.